The molecule has 0 bridgehead atoms. The third-order valence-corrected chi connectivity index (χ3v) is 15.3. The lowest BCUT2D eigenvalue weighted by molar-refractivity contribution is -0.140. The lowest BCUT2D eigenvalue weighted by atomic mass is 10.1. The van der Waals surface area contributed by atoms with Crippen LogP contribution in [0.15, 0.2) is 177 Å². The first-order valence-corrected chi connectivity index (χ1v) is 30.3. The van der Waals surface area contributed by atoms with Gasteiger partial charge in [0.1, 0.15) is 52.4 Å². The van der Waals surface area contributed by atoms with Gasteiger partial charge in [-0.1, -0.05) is 74.3 Å². The van der Waals surface area contributed by atoms with Crippen LogP contribution >= 0.6 is 93.0 Å². The van der Waals surface area contributed by atoms with E-state index >= 15 is 0 Å². The fourth-order valence-corrected chi connectivity index (χ4v) is 8.77. The second-order valence-corrected chi connectivity index (χ2v) is 24.1. The van der Waals surface area contributed by atoms with Gasteiger partial charge < -0.3 is 0 Å². The first-order chi connectivity index (χ1) is 41.5. The maximum atomic E-state index is 12.8. The van der Waals surface area contributed by atoms with Crippen LogP contribution < -0.4 is 0 Å². The third-order valence-electron chi connectivity index (χ3n) is 11.5. The van der Waals surface area contributed by atoms with Crippen LogP contribution in [0.2, 0.25) is 0 Å². The highest BCUT2D eigenvalue weighted by Gasteiger charge is 2.35. The number of hydrogen-bond donors (Lipinski definition) is 0. The van der Waals surface area contributed by atoms with Gasteiger partial charge in [-0.05, 0) is 307 Å². The average Bonchev–Trinajstić information content (AvgIpc) is 1.95. The average molecular weight is 1700 g/mol. The van der Waals surface area contributed by atoms with E-state index in [1.165, 1.54) is 87.5 Å². The van der Waals surface area contributed by atoms with Gasteiger partial charge in [-0.15, -0.1) is 0 Å². The Labute approximate surface area is 564 Å². The summed E-state index contributed by atoms with van der Waals surface area (Å²) in [4.78, 5) is 0. The van der Waals surface area contributed by atoms with Gasteiger partial charge in [-0.3, -0.25) is 0 Å². The van der Waals surface area contributed by atoms with Crippen molar-refractivity contribution in [2.24, 2.45) is 0 Å². The lowest BCUT2D eigenvalue weighted by Gasteiger charge is -2.08. The zero-order valence-corrected chi connectivity index (χ0v) is 58.4. The van der Waals surface area contributed by atoms with Crippen molar-refractivity contribution in [3.63, 3.8) is 0 Å². The second-order valence-electron chi connectivity index (χ2n) is 19.1. The Morgan fingerprint density at radius 3 is 1.22 bits per heavy atom. The summed E-state index contributed by atoms with van der Waals surface area (Å²) < 4.78 is 225. The van der Waals surface area contributed by atoms with Gasteiger partial charge in [0.25, 0.3) is 0 Å². The SMILES string of the molecule is Cc1c(F)cccc1I.Cc1cc(C(F)(F)F)ccc1F.Cc1cc(F)cc(Br)c1.Cc1cc(F)ccc1Br.Cc1cc(I)ccc1F.Cc1ccc(C(F)(F)F)c(F)c1.Cc1ccc(F)c(Br)c1.Cc1cccc(C(F)(F)F)c1F.Cc1cccc(F)c1C. The summed E-state index contributed by atoms with van der Waals surface area (Å²) in [6.45, 7) is 17.0. The molecule has 0 fully saturated rings. The maximum absolute atomic E-state index is 12.8. The topological polar surface area (TPSA) is 0 Å². The summed E-state index contributed by atoms with van der Waals surface area (Å²) in [5.41, 5.74) is 3.36. The first kappa shape index (κ1) is 82.6. The predicted molar refractivity (Wildman–Crippen MR) is 349 cm³/mol. The molecule has 90 heavy (non-hydrogen) atoms. The molecule has 0 saturated carbocycles. The van der Waals surface area contributed by atoms with E-state index in [0.717, 1.165) is 85.9 Å². The molecule has 9 rings (SSSR count). The van der Waals surface area contributed by atoms with E-state index in [-0.39, 0.29) is 46.0 Å². The minimum atomic E-state index is -4.60. The van der Waals surface area contributed by atoms with Gasteiger partial charge in [0, 0.05) is 16.1 Å². The molecular weight excluding hydrogens is 1640 g/mol. The molecule has 9 aromatic rings. The van der Waals surface area contributed by atoms with Crippen LogP contribution in [0.25, 0.3) is 0 Å². The summed E-state index contributed by atoms with van der Waals surface area (Å²) in [7, 11) is 0. The van der Waals surface area contributed by atoms with Gasteiger partial charge in [-0.2, -0.15) is 39.5 Å². The van der Waals surface area contributed by atoms with E-state index in [9.17, 15) is 79.0 Å². The molecule has 0 amide bonds. The number of benzene rings is 9. The lowest BCUT2D eigenvalue weighted by Crippen LogP contribution is -2.08. The largest absolute Gasteiger partial charge is 0.419 e. The van der Waals surface area contributed by atoms with Gasteiger partial charge in [0.05, 0.1) is 21.2 Å². The van der Waals surface area contributed by atoms with Crippen molar-refractivity contribution in [2.45, 2.75) is 87.8 Å². The Bertz CT molecular complexity index is 3460. The normalized spacial score (nSPS) is 10.5. The third kappa shape index (κ3) is 31.8. The van der Waals surface area contributed by atoms with Crippen molar-refractivity contribution in [2.75, 3.05) is 0 Å². The van der Waals surface area contributed by atoms with Gasteiger partial charge in [-0.25, -0.2) is 39.5 Å². The van der Waals surface area contributed by atoms with E-state index < -0.39 is 52.7 Å². The van der Waals surface area contributed by atoms with Crippen molar-refractivity contribution < 1.29 is 79.0 Å². The van der Waals surface area contributed by atoms with E-state index in [1.54, 1.807) is 57.2 Å². The Balaban J connectivity index is 0.000000508. The minimum Gasteiger partial charge on any atom is -0.207 e. The Kier molecular flexibility index (Phi) is 36.0. The molecule has 0 saturated heterocycles. The molecule has 0 aliphatic carbocycles. The smallest absolute Gasteiger partial charge is 0.207 e. The summed E-state index contributed by atoms with van der Waals surface area (Å²) in [6.07, 6.45) is -13.6. The van der Waals surface area contributed by atoms with Crippen molar-refractivity contribution in [3.8, 4) is 0 Å². The van der Waals surface area contributed by atoms with Crippen LogP contribution in [-0.2, 0) is 18.5 Å². The fourth-order valence-electron chi connectivity index (χ4n) is 6.34. The molecule has 0 heterocycles. The molecule has 0 nitrogen and oxygen atoms in total. The Morgan fingerprint density at radius 2 is 0.811 bits per heavy atom. The summed E-state index contributed by atoms with van der Waals surface area (Å²) in [5.74, 6) is -3.99. The summed E-state index contributed by atoms with van der Waals surface area (Å²) in [6, 6.07) is 37.9. The molecule has 0 aromatic heterocycles. The van der Waals surface area contributed by atoms with E-state index in [4.69, 9.17) is 0 Å². The van der Waals surface area contributed by atoms with Gasteiger partial charge in [0.2, 0.25) is 0 Å². The summed E-state index contributed by atoms with van der Waals surface area (Å²) >= 11 is 13.8. The molecule has 0 spiro atoms. The van der Waals surface area contributed by atoms with Gasteiger partial charge in [0.15, 0.2) is 0 Å². The predicted octanol–water partition coefficient (Wildman–Crippen LogP) is 26.1. The van der Waals surface area contributed by atoms with Crippen LogP contribution in [0.3, 0.4) is 0 Å². The van der Waals surface area contributed by atoms with Crippen molar-refractivity contribution in [1.29, 1.82) is 0 Å². The monoisotopic (exact) mass is 1690 g/mol. The van der Waals surface area contributed by atoms with Crippen LogP contribution in [0, 0.1) is 129 Å². The maximum Gasteiger partial charge on any atom is 0.419 e. The molecule has 0 atom stereocenters. The molecule has 0 N–H and O–H groups in total. The van der Waals surface area contributed by atoms with Crippen molar-refractivity contribution in [3.05, 3.63) is 309 Å². The van der Waals surface area contributed by atoms with E-state index in [1.807, 2.05) is 52.0 Å². The number of halogens is 23. The van der Waals surface area contributed by atoms with Gasteiger partial charge >= 0.3 is 18.5 Å². The Morgan fingerprint density at radius 1 is 0.311 bits per heavy atom. The molecule has 486 valence electrons. The second kappa shape index (κ2) is 39.2. The molecule has 23 heteroatoms. The molecule has 0 aliphatic rings. The molecular formula is C67H57Br3F18I2. The van der Waals surface area contributed by atoms with Crippen molar-refractivity contribution in [1.82, 2.24) is 0 Å². The zero-order valence-electron chi connectivity index (χ0n) is 49.3. The zero-order chi connectivity index (χ0) is 69.2. The van der Waals surface area contributed by atoms with Crippen LogP contribution in [0.1, 0.15) is 72.3 Å². The molecule has 0 unspecified atom stereocenters. The number of aryl methyl sites for hydroxylation is 8. The molecule has 0 aliphatic heterocycles. The van der Waals surface area contributed by atoms with E-state index in [2.05, 4.69) is 93.0 Å². The number of hydrogen-bond acceptors (Lipinski definition) is 0. The Hall–Kier alpha value is -5.38. The standard InChI is InChI=1S/3C8H6F4.C8H9F.3C7H6BrF.2C7H6FI/c1-5-4-6(8(10,11)12)2-3-7(5)9;1-5-2-3-6(7(9)4-5)8(10,11)12;1-5-3-2-4-6(7(5)9)8(10,11)12;1-6-4-3-5-8(9)7(6)2;1-5-2-6(8)4-7(9)3-5;1-5-4-6(9)2-3-7(5)8;1-5-2-3-7(9)6(8)4-5;1-5-4-6(9)2-3-7(5)8;1-5-6(8)3-2-4-7(5)9/h3*2-4H,1H3;3-5H,1-2H3;5*2-4H,1H3. The first-order valence-electron chi connectivity index (χ1n) is 25.8. The number of alkyl halides is 9. The fraction of sp³-hybridized carbons (Fsp3) is 0.194. The van der Waals surface area contributed by atoms with E-state index in [0.29, 0.717) is 15.6 Å². The van der Waals surface area contributed by atoms with Crippen LogP contribution in [-0.4, -0.2) is 0 Å². The molecule has 0 radical (unpaired) electrons. The quantitative estimate of drug-likeness (QED) is 0.105. The molecule has 9 aromatic carbocycles. The highest BCUT2D eigenvalue weighted by molar-refractivity contribution is 14.1. The van der Waals surface area contributed by atoms with Crippen molar-refractivity contribution >= 4 is 93.0 Å². The van der Waals surface area contributed by atoms with Crippen LogP contribution in [0.5, 0.6) is 0 Å². The highest BCUT2D eigenvalue weighted by Crippen LogP contribution is 2.33. The highest BCUT2D eigenvalue weighted by atomic mass is 127. The summed E-state index contributed by atoms with van der Waals surface area (Å²) in [5, 5.41) is 0. The number of rotatable bonds is 0. The minimum absolute atomic E-state index is 0.00447. The van der Waals surface area contributed by atoms with Crippen LogP contribution in [0.4, 0.5) is 79.0 Å².